The Morgan fingerprint density at radius 1 is 1.38 bits per heavy atom. The second-order valence-corrected chi connectivity index (χ2v) is 3.20. The van der Waals surface area contributed by atoms with Gasteiger partial charge in [0.25, 0.3) is 0 Å². The molecule has 0 amide bonds. The van der Waals surface area contributed by atoms with E-state index in [4.69, 9.17) is 16.0 Å². The standard InChI is InChI=1S/C12H14O.C2H4O/c1-3-4-5-10-13-12-8-6-11(2)7-9-12;1-2-3/h1,6-9H,4-5,10H2,2H3;2H,1H3. The van der Waals surface area contributed by atoms with Gasteiger partial charge in [-0.3, -0.25) is 0 Å². The van der Waals surface area contributed by atoms with Gasteiger partial charge in [0.1, 0.15) is 12.0 Å². The highest BCUT2D eigenvalue weighted by Crippen LogP contribution is 2.11. The molecule has 0 saturated carbocycles. The molecule has 0 aliphatic carbocycles. The first-order valence-corrected chi connectivity index (χ1v) is 5.27. The largest absolute Gasteiger partial charge is 0.494 e. The van der Waals surface area contributed by atoms with Crippen LogP contribution in [0.2, 0.25) is 0 Å². The monoisotopic (exact) mass is 218 g/mol. The molecule has 2 heteroatoms. The van der Waals surface area contributed by atoms with E-state index in [2.05, 4.69) is 12.8 Å². The van der Waals surface area contributed by atoms with E-state index in [1.54, 1.807) is 0 Å². The number of aryl methyl sites for hydroxylation is 1. The number of benzene rings is 1. The number of terminal acetylenes is 1. The molecule has 16 heavy (non-hydrogen) atoms. The summed E-state index contributed by atoms with van der Waals surface area (Å²) < 4.78 is 5.47. The van der Waals surface area contributed by atoms with Gasteiger partial charge in [-0.25, -0.2) is 0 Å². The maximum Gasteiger partial charge on any atom is 0.119 e. The predicted molar refractivity (Wildman–Crippen MR) is 66.5 cm³/mol. The maximum atomic E-state index is 8.81. The first-order chi connectivity index (χ1) is 7.74. The molecule has 0 atom stereocenters. The molecule has 1 aromatic rings. The Labute approximate surface area is 97.6 Å². The number of rotatable bonds is 4. The third kappa shape index (κ3) is 7.64. The van der Waals surface area contributed by atoms with Gasteiger partial charge >= 0.3 is 0 Å². The van der Waals surface area contributed by atoms with Gasteiger partial charge in [-0.1, -0.05) is 17.7 Å². The van der Waals surface area contributed by atoms with Crippen LogP contribution >= 0.6 is 0 Å². The van der Waals surface area contributed by atoms with Crippen molar-refractivity contribution in [1.29, 1.82) is 0 Å². The average Bonchev–Trinajstić information content (AvgIpc) is 2.28. The van der Waals surface area contributed by atoms with Gasteiger partial charge in [-0.15, -0.1) is 12.3 Å². The second kappa shape index (κ2) is 9.79. The van der Waals surface area contributed by atoms with Crippen molar-refractivity contribution in [1.82, 2.24) is 0 Å². The second-order valence-electron chi connectivity index (χ2n) is 3.20. The molecule has 0 aliphatic heterocycles. The van der Waals surface area contributed by atoms with Gasteiger partial charge in [-0.2, -0.15) is 0 Å². The lowest BCUT2D eigenvalue weighted by Gasteiger charge is -2.04. The van der Waals surface area contributed by atoms with Crippen LogP contribution in [0.1, 0.15) is 25.3 Å². The fourth-order valence-electron chi connectivity index (χ4n) is 0.999. The normalized spacial score (nSPS) is 8.31. The van der Waals surface area contributed by atoms with Crippen LogP contribution in [0.3, 0.4) is 0 Å². The van der Waals surface area contributed by atoms with E-state index < -0.39 is 0 Å². The summed E-state index contributed by atoms with van der Waals surface area (Å²) in [5.41, 5.74) is 1.25. The van der Waals surface area contributed by atoms with Crippen molar-refractivity contribution in [2.45, 2.75) is 26.7 Å². The number of aldehydes is 1. The van der Waals surface area contributed by atoms with Crippen molar-refractivity contribution in [2.24, 2.45) is 0 Å². The van der Waals surface area contributed by atoms with Crippen molar-refractivity contribution >= 4 is 6.29 Å². The topological polar surface area (TPSA) is 26.3 Å². The summed E-state index contributed by atoms with van der Waals surface area (Å²) in [6, 6.07) is 8.03. The molecule has 0 N–H and O–H groups in total. The Kier molecular flexibility index (Phi) is 8.72. The Balaban J connectivity index is 0.000000673. The van der Waals surface area contributed by atoms with Gasteiger partial charge in [0.2, 0.25) is 0 Å². The van der Waals surface area contributed by atoms with Crippen LogP contribution in [0.25, 0.3) is 0 Å². The van der Waals surface area contributed by atoms with Crippen LogP contribution in [-0.4, -0.2) is 12.9 Å². The lowest BCUT2D eigenvalue weighted by Crippen LogP contribution is -1.96. The molecule has 0 unspecified atom stereocenters. The third-order valence-electron chi connectivity index (χ3n) is 1.76. The summed E-state index contributed by atoms with van der Waals surface area (Å²) in [6.07, 6.45) is 7.58. The van der Waals surface area contributed by atoms with E-state index in [9.17, 15) is 0 Å². The van der Waals surface area contributed by atoms with Gasteiger partial charge in [0.15, 0.2) is 0 Å². The Morgan fingerprint density at radius 2 is 1.94 bits per heavy atom. The molecule has 0 aliphatic rings. The summed E-state index contributed by atoms with van der Waals surface area (Å²) in [5, 5.41) is 0. The number of ether oxygens (including phenoxy) is 1. The van der Waals surface area contributed by atoms with Crippen molar-refractivity contribution in [3.63, 3.8) is 0 Å². The number of carbonyl (C=O) groups excluding carboxylic acids is 1. The molecule has 2 nitrogen and oxygen atoms in total. The molecule has 1 rings (SSSR count). The highest BCUT2D eigenvalue weighted by Gasteiger charge is 1.91. The quantitative estimate of drug-likeness (QED) is 0.441. The molecular weight excluding hydrogens is 200 g/mol. The lowest BCUT2D eigenvalue weighted by molar-refractivity contribution is -0.106. The Bertz CT molecular complexity index is 320. The molecule has 0 heterocycles. The lowest BCUT2D eigenvalue weighted by atomic mass is 10.2. The molecular formula is C14H18O2. The van der Waals surface area contributed by atoms with Gasteiger partial charge < -0.3 is 9.53 Å². The van der Waals surface area contributed by atoms with E-state index in [1.807, 2.05) is 24.3 Å². The fraction of sp³-hybridized carbons (Fsp3) is 0.357. The zero-order chi connectivity index (χ0) is 12.2. The zero-order valence-corrected chi connectivity index (χ0v) is 9.90. The molecule has 0 fully saturated rings. The van der Waals surface area contributed by atoms with Gasteiger partial charge in [0.05, 0.1) is 6.61 Å². The van der Waals surface area contributed by atoms with E-state index in [0.717, 1.165) is 24.9 Å². The maximum absolute atomic E-state index is 8.81. The molecule has 0 bridgehead atoms. The van der Waals surface area contributed by atoms with E-state index in [0.29, 0.717) is 6.61 Å². The van der Waals surface area contributed by atoms with Crippen molar-refractivity contribution in [3.05, 3.63) is 29.8 Å². The molecule has 0 radical (unpaired) electrons. The molecule has 0 spiro atoms. The smallest absolute Gasteiger partial charge is 0.119 e. The summed E-state index contributed by atoms with van der Waals surface area (Å²) in [6.45, 7) is 4.20. The van der Waals surface area contributed by atoms with Crippen LogP contribution in [-0.2, 0) is 4.79 Å². The Morgan fingerprint density at radius 3 is 2.44 bits per heavy atom. The van der Waals surface area contributed by atoms with E-state index in [1.165, 1.54) is 12.5 Å². The fourth-order valence-corrected chi connectivity index (χ4v) is 0.999. The molecule has 0 saturated heterocycles. The van der Waals surface area contributed by atoms with Crippen LogP contribution in [0.5, 0.6) is 5.75 Å². The first-order valence-electron chi connectivity index (χ1n) is 5.27. The molecule has 86 valence electrons. The van der Waals surface area contributed by atoms with Gasteiger partial charge in [-0.05, 0) is 32.4 Å². The molecule has 1 aromatic carbocycles. The SMILES string of the molecule is C#CCCCOc1ccc(C)cc1.CC=O. The average molecular weight is 218 g/mol. The zero-order valence-electron chi connectivity index (χ0n) is 9.90. The summed E-state index contributed by atoms with van der Waals surface area (Å²) >= 11 is 0. The van der Waals surface area contributed by atoms with Crippen LogP contribution in [0.4, 0.5) is 0 Å². The van der Waals surface area contributed by atoms with Crippen molar-refractivity contribution in [3.8, 4) is 18.1 Å². The first kappa shape index (κ1) is 14.2. The summed E-state index contributed by atoms with van der Waals surface area (Å²) in [7, 11) is 0. The number of unbranched alkanes of at least 4 members (excludes halogenated alkanes) is 1. The number of hydrogen-bond acceptors (Lipinski definition) is 2. The van der Waals surface area contributed by atoms with Crippen molar-refractivity contribution < 1.29 is 9.53 Å². The van der Waals surface area contributed by atoms with Crippen LogP contribution in [0, 0.1) is 19.3 Å². The van der Waals surface area contributed by atoms with Gasteiger partial charge in [0, 0.05) is 6.42 Å². The highest BCUT2D eigenvalue weighted by atomic mass is 16.5. The van der Waals surface area contributed by atoms with Crippen LogP contribution < -0.4 is 4.74 Å². The summed E-state index contributed by atoms with van der Waals surface area (Å²) in [5.74, 6) is 3.50. The number of hydrogen-bond donors (Lipinski definition) is 0. The Hall–Kier alpha value is -1.75. The number of carbonyl (C=O) groups is 1. The van der Waals surface area contributed by atoms with Crippen molar-refractivity contribution in [2.75, 3.05) is 6.61 Å². The minimum atomic E-state index is 0.702. The third-order valence-corrected chi connectivity index (χ3v) is 1.76. The predicted octanol–water partition coefficient (Wildman–Crippen LogP) is 2.99. The van der Waals surface area contributed by atoms with E-state index >= 15 is 0 Å². The minimum absolute atomic E-state index is 0.702. The molecule has 0 aromatic heterocycles. The minimum Gasteiger partial charge on any atom is -0.494 e. The van der Waals surface area contributed by atoms with E-state index in [-0.39, 0.29) is 0 Å². The van der Waals surface area contributed by atoms with Crippen LogP contribution in [0.15, 0.2) is 24.3 Å². The summed E-state index contributed by atoms with van der Waals surface area (Å²) in [4.78, 5) is 8.81. The highest BCUT2D eigenvalue weighted by molar-refractivity contribution is 5.44.